The Labute approximate surface area is 174 Å². The van der Waals surface area contributed by atoms with E-state index in [1.807, 2.05) is 18.4 Å². The molecular formula is C20H27ClN2O2S2. The van der Waals surface area contributed by atoms with Crippen LogP contribution in [0, 0.1) is 0 Å². The molecule has 0 aromatic carbocycles. The molecule has 2 aliphatic heterocycles. The molecule has 0 aliphatic carbocycles. The van der Waals surface area contributed by atoms with Crippen molar-refractivity contribution in [3.8, 4) is 0 Å². The molecule has 0 saturated heterocycles. The fourth-order valence-corrected chi connectivity index (χ4v) is 6.49. The van der Waals surface area contributed by atoms with Gasteiger partial charge in [-0.3, -0.25) is 0 Å². The van der Waals surface area contributed by atoms with Crippen LogP contribution in [-0.4, -0.2) is 39.9 Å². The lowest BCUT2D eigenvalue weighted by atomic mass is 9.97. The summed E-state index contributed by atoms with van der Waals surface area (Å²) in [5, 5.41) is 6.89. The molecule has 0 fully saturated rings. The van der Waals surface area contributed by atoms with Crippen LogP contribution in [0.25, 0.3) is 0 Å². The minimum atomic E-state index is 0.105. The maximum atomic E-state index is 6.21. The summed E-state index contributed by atoms with van der Waals surface area (Å²) in [7, 11) is 1.99. The van der Waals surface area contributed by atoms with Crippen LogP contribution in [0.4, 0.5) is 0 Å². The van der Waals surface area contributed by atoms with Crippen molar-refractivity contribution in [2.45, 2.75) is 37.9 Å². The number of nitrogens with one attached hydrogen (secondary N) is 2. The average molecular weight is 427 g/mol. The Bertz CT molecular complexity index is 776. The second-order valence-corrected chi connectivity index (χ2v) is 10.1. The van der Waals surface area contributed by atoms with Gasteiger partial charge >= 0.3 is 0 Å². The largest absolute Gasteiger partial charge is 0.372 e. The number of ether oxygens (including phenoxy) is 2. The van der Waals surface area contributed by atoms with Crippen LogP contribution >= 0.6 is 34.3 Å². The standard InChI is InChI=1S/C20H27ClN2O2S2/c1-3-13-6-15-16(9-22-2)25-11-12(20(15)26-13)8-23-10-17-14-7-19(21)27-18(14)4-5-24-17/h6-7,12,16-17,22-23H,3-5,8-11H2,1-2H3. The normalized spacial score (nSPS) is 24.6. The molecule has 4 rings (SSSR count). The molecule has 0 saturated carbocycles. The Balaban J connectivity index is 1.40. The lowest BCUT2D eigenvalue weighted by molar-refractivity contribution is 0.0261. The zero-order valence-electron chi connectivity index (χ0n) is 15.8. The first-order chi connectivity index (χ1) is 13.2. The smallest absolute Gasteiger partial charge is 0.0960 e. The molecule has 4 nitrogen and oxygen atoms in total. The van der Waals surface area contributed by atoms with Crippen LogP contribution < -0.4 is 10.6 Å². The first-order valence-electron chi connectivity index (χ1n) is 9.68. The Morgan fingerprint density at radius 1 is 1.11 bits per heavy atom. The van der Waals surface area contributed by atoms with Crippen LogP contribution in [0.15, 0.2) is 12.1 Å². The van der Waals surface area contributed by atoms with E-state index < -0.39 is 0 Å². The molecule has 0 spiro atoms. The second-order valence-electron chi connectivity index (χ2n) is 7.16. The van der Waals surface area contributed by atoms with Gasteiger partial charge in [-0.1, -0.05) is 18.5 Å². The monoisotopic (exact) mass is 426 g/mol. The SMILES string of the molecule is CCc1cc2c(s1)C(CNCC1OCCc3sc(Cl)cc31)COC2CNC. The van der Waals surface area contributed by atoms with Gasteiger partial charge in [-0.15, -0.1) is 22.7 Å². The Hall–Kier alpha value is -0.470. The summed E-state index contributed by atoms with van der Waals surface area (Å²) in [6, 6.07) is 4.42. The molecule has 2 aromatic heterocycles. The fraction of sp³-hybridized carbons (Fsp3) is 0.600. The lowest BCUT2D eigenvalue weighted by Gasteiger charge is -2.30. The van der Waals surface area contributed by atoms with E-state index in [-0.39, 0.29) is 12.2 Å². The topological polar surface area (TPSA) is 42.5 Å². The molecule has 3 unspecified atom stereocenters. The lowest BCUT2D eigenvalue weighted by Crippen LogP contribution is -2.34. The number of hydrogen-bond donors (Lipinski definition) is 2. The van der Waals surface area contributed by atoms with E-state index in [0.29, 0.717) is 5.92 Å². The number of thiophene rings is 2. The number of hydrogen-bond acceptors (Lipinski definition) is 6. The molecule has 0 amide bonds. The van der Waals surface area contributed by atoms with Gasteiger partial charge in [-0.25, -0.2) is 0 Å². The summed E-state index contributed by atoms with van der Waals surface area (Å²) in [6.45, 7) is 6.38. The van der Waals surface area contributed by atoms with Gasteiger partial charge in [-0.2, -0.15) is 0 Å². The number of fused-ring (bicyclic) bond motifs is 2. The highest BCUT2D eigenvalue weighted by Gasteiger charge is 2.30. The quantitative estimate of drug-likeness (QED) is 0.692. The van der Waals surface area contributed by atoms with Gasteiger partial charge in [0, 0.05) is 46.6 Å². The fourth-order valence-electron chi connectivity index (χ4n) is 3.94. The van der Waals surface area contributed by atoms with E-state index in [2.05, 4.69) is 29.7 Å². The molecule has 2 aliphatic rings. The third-order valence-corrected chi connectivity index (χ3v) is 8.12. The summed E-state index contributed by atoms with van der Waals surface area (Å²) >= 11 is 9.85. The Morgan fingerprint density at radius 2 is 1.96 bits per heavy atom. The molecular weight excluding hydrogens is 400 g/mol. The predicted octanol–water partition coefficient (Wildman–Crippen LogP) is 4.30. The van der Waals surface area contributed by atoms with Crippen molar-refractivity contribution in [3.63, 3.8) is 0 Å². The van der Waals surface area contributed by atoms with E-state index in [1.165, 1.54) is 25.8 Å². The van der Waals surface area contributed by atoms with Crippen molar-refractivity contribution >= 4 is 34.3 Å². The highest BCUT2D eigenvalue weighted by molar-refractivity contribution is 7.16. The molecule has 3 atom stereocenters. The van der Waals surface area contributed by atoms with E-state index in [9.17, 15) is 0 Å². The molecule has 7 heteroatoms. The zero-order valence-corrected chi connectivity index (χ0v) is 18.2. The first kappa shape index (κ1) is 19.8. The van der Waals surface area contributed by atoms with E-state index in [4.69, 9.17) is 21.1 Å². The van der Waals surface area contributed by atoms with E-state index in [1.54, 1.807) is 11.3 Å². The maximum absolute atomic E-state index is 6.21. The van der Waals surface area contributed by atoms with Crippen molar-refractivity contribution in [1.29, 1.82) is 0 Å². The molecule has 27 heavy (non-hydrogen) atoms. The van der Waals surface area contributed by atoms with Gasteiger partial charge < -0.3 is 20.1 Å². The third-order valence-electron chi connectivity index (χ3n) is 5.32. The highest BCUT2D eigenvalue weighted by Crippen LogP contribution is 2.40. The van der Waals surface area contributed by atoms with Gasteiger partial charge in [0.05, 0.1) is 29.8 Å². The van der Waals surface area contributed by atoms with Gasteiger partial charge in [0.2, 0.25) is 0 Å². The number of rotatable bonds is 7. The number of likely N-dealkylation sites (N-methyl/N-ethyl adjacent to an activating group) is 1. The molecule has 0 bridgehead atoms. The van der Waals surface area contributed by atoms with Crippen molar-refractivity contribution in [2.75, 3.05) is 39.9 Å². The minimum Gasteiger partial charge on any atom is -0.372 e. The summed E-state index contributed by atoms with van der Waals surface area (Å²) < 4.78 is 13.0. The van der Waals surface area contributed by atoms with Crippen LogP contribution in [0.2, 0.25) is 4.34 Å². The number of aryl methyl sites for hydroxylation is 1. The van der Waals surface area contributed by atoms with Gasteiger partial charge in [0.1, 0.15) is 0 Å². The second kappa shape index (κ2) is 8.91. The van der Waals surface area contributed by atoms with E-state index in [0.717, 1.165) is 50.0 Å². The average Bonchev–Trinajstić information content (AvgIpc) is 3.27. The highest BCUT2D eigenvalue weighted by atomic mass is 35.5. The van der Waals surface area contributed by atoms with Gasteiger partial charge in [-0.05, 0) is 36.7 Å². The van der Waals surface area contributed by atoms with Gasteiger partial charge in [0.15, 0.2) is 0 Å². The minimum absolute atomic E-state index is 0.105. The summed E-state index contributed by atoms with van der Waals surface area (Å²) in [5.41, 5.74) is 2.65. The first-order valence-corrected chi connectivity index (χ1v) is 11.7. The third kappa shape index (κ3) is 4.27. The van der Waals surface area contributed by atoms with Crippen molar-refractivity contribution in [2.24, 2.45) is 0 Å². The zero-order chi connectivity index (χ0) is 18.8. The summed E-state index contributed by atoms with van der Waals surface area (Å²) in [4.78, 5) is 4.32. The van der Waals surface area contributed by atoms with Crippen LogP contribution in [-0.2, 0) is 22.3 Å². The molecule has 2 aromatic rings. The maximum Gasteiger partial charge on any atom is 0.0960 e. The number of halogens is 1. The van der Waals surface area contributed by atoms with Crippen molar-refractivity contribution < 1.29 is 9.47 Å². The van der Waals surface area contributed by atoms with Crippen LogP contribution in [0.3, 0.4) is 0 Å². The Kier molecular flexibility index (Phi) is 6.54. The van der Waals surface area contributed by atoms with Gasteiger partial charge in [0.25, 0.3) is 0 Å². The molecule has 2 N–H and O–H groups in total. The Morgan fingerprint density at radius 3 is 2.78 bits per heavy atom. The van der Waals surface area contributed by atoms with Crippen molar-refractivity contribution in [1.82, 2.24) is 10.6 Å². The molecule has 0 radical (unpaired) electrons. The molecule has 148 valence electrons. The summed E-state index contributed by atoms with van der Waals surface area (Å²) in [5.74, 6) is 0.410. The van der Waals surface area contributed by atoms with Crippen LogP contribution in [0.5, 0.6) is 0 Å². The summed E-state index contributed by atoms with van der Waals surface area (Å²) in [6.07, 6.45) is 2.34. The van der Waals surface area contributed by atoms with Crippen LogP contribution in [0.1, 0.15) is 50.8 Å². The van der Waals surface area contributed by atoms with Crippen molar-refractivity contribution in [3.05, 3.63) is 42.2 Å². The van der Waals surface area contributed by atoms with E-state index >= 15 is 0 Å². The molecule has 4 heterocycles. The predicted molar refractivity (Wildman–Crippen MR) is 114 cm³/mol.